The highest BCUT2D eigenvalue weighted by atomic mass is 35.5. The van der Waals surface area contributed by atoms with Gasteiger partial charge < -0.3 is 10.1 Å². The number of para-hydroxylation sites is 1. The van der Waals surface area contributed by atoms with Crippen LogP contribution in [0.2, 0.25) is 5.02 Å². The minimum absolute atomic E-state index is 0.0727. The van der Waals surface area contributed by atoms with E-state index in [2.05, 4.69) is 15.4 Å². The van der Waals surface area contributed by atoms with Crippen LogP contribution >= 0.6 is 11.6 Å². The van der Waals surface area contributed by atoms with Crippen LogP contribution in [0.5, 0.6) is 0 Å². The van der Waals surface area contributed by atoms with Crippen molar-refractivity contribution >= 4 is 40.1 Å². The van der Waals surface area contributed by atoms with E-state index in [9.17, 15) is 14.4 Å². The summed E-state index contributed by atoms with van der Waals surface area (Å²) in [4.78, 5) is 41.7. The summed E-state index contributed by atoms with van der Waals surface area (Å²) < 4.78 is 6.28. The molecule has 8 nitrogen and oxygen atoms in total. The Labute approximate surface area is 181 Å². The summed E-state index contributed by atoms with van der Waals surface area (Å²) in [6, 6.07) is 18.4. The van der Waals surface area contributed by atoms with Crippen LogP contribution < -0.4 is 10.9 Å². The fourth-order valence-electron chi connectivity index (χ4n) is 2.91. The molecule has 0 unspecified atom stereocenters. The van der Waals surface area contributed by atoms with Crippen molar-refractivity contribution in [2.45, 2.75) is 0 Å². The number of ether oxygens (including phenoxy) is 1. The third kappa shape index (κ3) is 4.44. The Morgan fingerprint density at radius 3 is 2.39 bits per heavy atom. The Balaban J connectivity index is 1.60. The summed E-state index contributed by atoms with van der Waals surface area (Å²) >= 11 is 5.76. The molecule has 1 amide bonds. The molecule has 0 fully saturated rings. The van der Waals surface area contributed by atoms with Crippen molar-refractivity contribution in [2.75, 3.05) is 11.9 Å². The number of aromatic nitrogens is 3. The lowest BCUT2D eigenvalue weighted by Crippen LogP contribution is -2.26. The molecule has 0 bridgehead atoms. The normalized spacial score (nSPS) is 10.6. The van der Waals surface area contributed by atoms with Gasteiger partial charge in [-0.1, -0.05) is 48.0 Å². The summed E-state index contributed by atoms with van der Waals surface area (Å²) in [5.41, 5.74) is 0.0558. The molecule has 4 rings (SSSR count). The van der Waals surface area contributed by atoms with E-state index in [0.717, 1.165) is 4.68 Å². The maximum atomic E-state index is 12.9. The standard InChI is InChI=1S/C22H15ClN4O4/c23-14-10-11-18(24-12-14)25-19(28)13-31-22(30)20-16-8-4-5-9-17(16)21(29)27(26-20)15-6-2-1-3-7-15/h1-12H,13H2,(H,24,25,28). The number of esters is 1. The van der Waals surface area contributed by atoms with Crippen molar-refractivity contribution < 1.29 is 14.3 Å². The molecule has 0 aliphatic carbocycles. The number of nitrogens with zero attached hydrogens (tertiary/aromatic N) is 3. The number of pyridine rings is 1. The molecule has 1 N–H and O–H groups in total. The maximum absolute atomic E-state index is 12.9. The summed E-state index contributed by atoms with van der Waals surface area (Å²) in [7, 11) is 0. The van der Waals surface area contributed by atoms with Crippen LogP contribution in [-0.4, -0.2) is 33.2 Å². The van der Waals surface area contributed by atoms with Gasteiger partial charge in [0.1, 0.15) is 5.82 Å². The van der Waals surface area contributed by atoms with Crippen LogP contribution in [0.3, 0.4) is 0 Å². The number of hydrogen-bond acceptors (Lipinski definition) is 6. The smallest absolute Gasteiger partial charge is 0.359 e. The Bertz CT molecular complexity index is 1320. The molecule has 9 heteroatoms. The molecule has 154 valence electrons. The van der Waals surface area contributed by atoms with Crippen LogP contribution in [0.4, 0.5) is 5.82 Å². The van der Waals surface area contributed by atoms with Gasteiger partial charge in [-0.2, -0.15) is 9.78 Å². The van der Waals surface area contributed by atoms with E-state index in [1.807, 2.05) is 0 Å². The van der Waals surface area contributed by atoms with E-state index in [1.54, 1.807) is 60.7 Å². The summed E-state index contributed by atoms with van der Waals surface area (Å²) in [5.74, 6) is -1.14. The highest BCUT2D eigenvalue weighted by Gasteiger charge is 2.19. The zero-order valence-corrected chi connectivity index (χ0v) is 16.7. The Morgan fingerprint density at radius 1 is 0.968 bits per heavy atom. The fraction of sp³-hybridized carbons (Fsp3) is 0.0455. The lowest BCUT2D eigenvalue weighted by molar-refractivity contribution is -0.119. The average molecular weight is 435 g/mol. The zero-order valence-electron chi connectivity index (χ0n) is 16.0. The van der Waals surface area contributed by atoms with Crippen LogP contribution in [-0.2, 0) is 9.53 Å². The van der Waals surface area contributed by atoms with Gasteiger partial charge in [-0.15, -0.1) is 0 Å². The molecule has 0 saturated heterocycles. The van der Waals surface area contributed by atoms with Crippen LogP contribution in [0.15, 0.2) is 77.7 Å². The van der Waals surface area contributed by atoms with E-state index in [0.29, 0.717) is 21.5 Å². The molecule has 0 atom stereocenters. The van der Waals surface area contributed by atoms with E-state index in [1.165, 1.54) is 12.3 Å². The number of rotatable bonds is 5. The van der Waals surface area contributed by atoms with Crippen molar-refractivity contribution in [3.63, 3.8) is 0 Å². The minimum Gasteiger partial charge on any atom is -0.451 e. The summed E-state index contributed by atoms with van der Waals surface area (Å²) in [5, 5.41) is 7.78. The molecule has 0 saturated carbocycles. The third-order valence-electron chi connectivity index (χ3n) is 4.33. The van der Waals surface area contributed by atoms with Gasteiger partial charge >= 0.3 is 5.97 Å². The van der Waals surface area contributed by atoms with Gasteiger partial charge in [0.15, 0.2) is 12.3 Å². The quantitative estimate of drug-likeness (QED) is 0.484. The molecule has 31 heavy (non-hydrogen) atoms. The largest absolute Gasteiger partial charge is 0.451 e. The molecule has 0 spiro atoms. The van der Waals surface area contributed by atoms with E-state index >= 15 is 0 Å². The van der Waals surface area contributed by atoms with E-state index in [4.69, 9.17) is 16.3 Å². The Kier molecular flexibility index (Phi) is 5.72. The van der Waals surface area contributed by atoms with Gasteiger partial charge in [-0.05, 0) is 30.3 Å². The second kappa shape index (κ2) is 8.76. The zero-order chi connectivity index (χ0) is 21.8. The van der Waals surface area contributed by atoms with Gasteiger partial charge in [0.2, 0.25) is 0 Å². The molecule has 0 radical (unpaired) electrons. The van der Waals surface area contributed by atoms with Crippen LogP contribution in [0, 0.1) is 0 Å². The van der Waals surface area contributed by atoms with Crippen molar-refractivity contribution in [3.05, 3.63) is 94.0 Å². The molecular weight excluding hydrogens is 420 g/mol. The monoisotopic (exact) mass is 434 g/mol. The highest BCUT2D eigenvalue weighted by Crippen LogP contribution is 2.16. The van der Waals surface area contributed by atoms with Crippen molar-refractivity contribution in [1.82, 2.24) is 14.8 Å². The number of halogens is 1. The Hall–Kier alpha value is -4.04. The van der Waals surface area contributed by atoms with Gasteiger partial charge in [-0.25, -0.2) is 9.78 Å². The second-order valence-electron chi connectivity index (χ2n) is 6.43. The predicted octanol–water partition coefficient (Wildman–Crippen LogP) is 3.23. The molecule has 2 aromatic carbocycles. The first kappa shape index (κ1) is 20.2. The molecule has 0 aliphatic rings. The highest BCUT2D eigenvalue weighted by molar-refractivity contribution is 6.30. The summed E-state index contributed by atoms with van der Waals surface area (Å²) in [6.07, 6.45) is 1.38. The van der Waals surface area contributed by atoms with E-state index < -0.39 is 18.5 Å². The number of benzene rings is 2. The van der Waals surface area contributed by atoms with Gasteiger partial charge in [0.05, 0.1) is 16.1 Å². The van der Waals surface area contributed by atoms with Crippen LogP contribution in [0.25, 0.3) is 16.5 Å². The minimum atomic E-state index is -0.833. The topological polar surface area (TPSA) is 103 Å². The molecule has 4 aromatic rings. The van der Waals surface area contributed by atoms with Crippen molar-refractivity contribution in [3.8, 4) is 5.69 Å². The number of hydrogen-bond donors (Lipinski definition) is 1. The number of anilines is 1. The van der Waals surface area contributed by atoms with Crippen molar-refractivity contribution in [2.24, 2.45) is 0 Å². The number of carbonyl (C=O) groups excluding carboxylic acids is 2. The summed E-state index contributed by atoms with van der Waals surface area (Å²) in [6.45, 7) is -0.552. The lowest BCUT2D eigenvalue weighted by atomic mass is 10.1. The number of nitrogens with one attached hydrogen (secondary N) is 1. The van der Waals surface area contributed by atoms with Gasteiger partial charge in [0, 0.05) is 11.6 Å². The van der Waals surface area contributed by atoms with Gasteiger partial charge in [-0.3, -0.25) is 9.59 Å². The molecule has 2 aromatic heterocycles. The fourth-order valence-corrected chi connectivity index (χ4v) is 3.02. The van der Waals surface area contributed by atoms with Crippen molar-refractivity contribution in [1.29, 1.82) is 0 Å². The maximum Gasteiger partial charge on any atom is 0.359 e. The predicted molar refractivity (Wildman–Crippen MR) is 115 cm³/mol. The number of amides is 1. The average Bonchev–Trinajstić information content (AvgIpc) is 2.80. The van der Waals surface area contributed by atoms with E-state index in [-0.39, 0.29) is 17.1 Å². The molecular formula is C22H15ClN4O4. The second-order valence-corrected chi connectivity index (χ2v) is 6.87. The van der Waals surface area contributed by atoms with Gasteiger partial charge in [0.25, 0.3) is 11.5 Å². The molecule has 2 heterocycles. The van der Waals surface area contributed by atoms with Crippen LogP contribution in [0.1, 0.15) is 10.5 Å². The first-order valence-corrected chi connectivity index (χ1v) is 9.57. The first-order chi connectivity index (χ1) is 15.0. The Morgan fingerprint density at radius 2 is 1.68 bits per heavy atom. The number of carbonyl (C=O) groups is 2. The third-order valence-corrected chi connectivity index (χ3v) is 4.55. The first-order valence-electron chi connectivity index (χ1n) is 9.19. The SMILES string of the molecule is O=C(COC(=O)c1nn(-c2ccccc2)c(=O)c2ccccc12)Nc1ccc(Cl)cn1. The number of fused-ring (bicyclic) bond motifs is 1. The lowest BCUT2D eigenvalue weighted by Gasteiger charge is -2.11. The molecule has 0 aliphatic heterocycles.